The quantitative estimate of drug-likeness (QED) is 0.661. The smallest absolute Gasteiger partial charge is 0.328 e. The Labute approximate surface area is 111 Å². The predicted molar refractivity (Wildman–Crippen MR) is 67.9 cm³/mol. The van der Waals surface area contributed by atoms with Crippen molar-refractivity contribution < 1.29 is 24.5 Å². The molecule has 0 bridgehead atoms. The van der Waals surface area contributed by atoms with Crippen LogP contribution in [0.5, 0.6) is 5.75 Å². The number of aliphatic hydroxyl groups is 1. The fraction of sp³-hybridized carbons (Fsp3) is 0.385. The van der Waals surface area contributed by atoms with E-state index in [-0.39, 0.29) is 13.0 Å². The Bertz CT molecular complexity index is 429. The van der Waals surface area contributed by atoms with Crippen molar-refractivity contribution in [3.8, 4) is 5.75 Å². The number of carboxylic acid groups (broad SMARTS) is 1. The normalized spacial score (nSPS) is 11.7. The lowest BCUT2D eigenvalue weighted by molar-refractivity contribution is -0.143. The number of hydrogen-bond donors (Lipinski definition) is 3. The van der Waals surface area contributed by atoms with Crippen LogP contribution in [0.4, 0.5) is 0 Å². The first kappa shape index (κ1) is 15.0. The van der Waals surface area contributed by atoms with E-state index in [1.807, 2.05) is 19.1 Å². The highest BCUT2D eigenvalue weighted by atomic mass is 16.5. The summed E-state index contributed by atoms with van der Waals surface area (Å²) in [7, 11) is 0. The molecular formula is C13H17NO5. The van der Waals surface area contributed by atoms with E-state index in [0.29, 0.717) is 5.75 Å². The molecule has 19 heavy (non-hydrogen) atoms. The lowest BCUT2D eigenvalue weighted by atomic mass is 10.2. The number of benzene rings is 1. The number of aliphatic carboxylic acids is 1. The fourth-order valence-electron chi connectivity index (χ4n) is 1.35. The number of rotatable bonds is 7. The Morgan fingerprint density at radius 3 is 2.47 bits per heavy atom. The maximum atomic E-state index is 11.4. The average Bonchev–Trinajstić information content (AvgIpc) is 2.38. The zero-order chi connectivity index (χ0) is 14.3. The SMILES string of the molecule is Cc1ccc(OCCC(=O)N[C@@H](CO)C(=O)O)cc1. The van der Waals surface area contributed by atoms with E-state index >= 15 is 0 Å². The summed E-state index contributed by atoms with van der Waals surface area (Å²) in [5.74, 6) is -1.10. The number of amides is 1. The van der Waals surface area contributed by atoms with Crippen molar-refractivity contribution >= 4 is 11.9 Å². The predicted octanol–water partition coefficient (Wildman–Crippen LogP) is 0.326. The van der Waals surface area contributed by atoms with Crippen molar-refractivity contribution in [1.29, 1.82) is 0 Å². The van der Waals surface area contributed by atoms with Gasteiger partial charge in [0, 0.05) is 0 Å². The van der Waals surface area contributed by atoms with Gasteiger partial charge in [-0.1, -0.05) is 17.7 Å². The molecule has 0 aliphatic rings. The first-order valence-corrected chi connectivity index (χ1v) is 5.85. The molecule has 0 spiro atoms. The summed E-state index contributed by atoms with van der Waals surface area (Å²) < 4.78 is 5.34. The maximum absolute atomic E-state index is 11.4. The third-order valence-corrected chi connectivity index (χ3v) is 2.43. The molecule has 0 fully saturated rings. The van der Waals surface area contributed by atoms with Crippen molar-refractivity contribution in [1.82, 2.24) is 5.32 Å². The molecule has 1 aromatic rings. The van der Waals surface area contributed by atoms with Crippen LogP contribution in [0.2, 0.25) is 0 Å². The molecule has 1 aromatic carbocycles. The minimum Gasteiger partial charge on any atom is -0.493 e. The highest BCUT2D eigenvalue weighted by Gasteiger charge is 2.18. The van der Waals surface area contributed by atoms with Crippen molar-refractivity contribution in [2.24, 2.45) is 0 Å². The molecule has 3 N–H and O–H groups in total. The third kappa shape index (κ3) is 5.39. The summed E-state index contributed by atoms with van der Waals surface area (Å²) >= 11 is 0. The summed E-state index contributed by atoms with van der Waals surface area (Å²) in [6.45, 7) is 1.46. The second-order valence-electron chi connectivity index (χ2n) is 4.05. The van der Waals surface area contributed by atoms with Gasteiger partial charge in [0.25, 0.3) is 0 Å². The van der Waals surface area contributed by atoms with Gasteiger partial charge in [0.2, 0.25) is 5.91 Å². The molecule has 104 valence electrons. The number of carbonyl (C=O) groups is 2. The summed E-state index contributed by atoms with van der Waals surface area (Å²) in [5, 5.41) is 19.6. The van der Waals surface area contributed by atoms with E-state index in [9.17, 15) is 9.59 Å². The zero-order valence-electron chi connectivity index (χ0n) is 10.6. The van der Waals surface area contributed by atoms with Crippen LogP contribution in [0.3, 0.4) is 0 Å². The molecule has 6 nitrogen and oxygen atoms in total. The van der Waals surface area contributed by atoms with Gasteiger partial charge >= 0.3 is 5.97 Å². The standard InChI is InChI=1S/C13H17NO5/c1-9-2-4-10(5-3-9)19-7-6-12(16)14-11(8-15)13(17)18/h2-5,11,15H,6-8H2,1H3,(H,14,16)(H,17,18)/t11-/m0/s1. The molecule has 0 unspecified atom stereocenters. The first-order chi connectivity index (χ1) is 9.02. The molecule has 0 heterocycles. The third-order valence-electron chi connectivity index (χ3n) is 2.43. The minimum atomic E-state index is -1.27. The van der Waals surface area contributed by atoms with Crippen LogP contribution < -0.4 is 10.1 Å². The first-order valence-electron chi connectivity index (χ1n) is 5.85. The van der Waals surface area contributed by atoms with E-state index in [1.54, 1.807) is 12.1 Å². The molecule has 0 aliphatic carbocycles. The number of hydrogen-bond acceptors (Lipinski definition) is 4. The van der Waals surface area contributed by atoms with E-state index in [2.05, 4.69) is 5.32 Å². The average molecular weight is 267 g/mol. The van der Waals surface area contributed by atoms with Crippen LogP contribution in [0, 0.1) is 6.92 Å². The van der Waals surface area contributed by atoms with Crippen LogP contribution in [0.25, 0.3) is 0 Å². The van der Waals surface area contributed by atoms with Gasteiger partial charge in [-0.3, -0.25) is 4.79 Å². The van der Waals surface area contributed by atoms with Crippen molar-refractivity contribution in [2.75, 3.05) is 13.2 Å². The van der Waals surface area contributed by atoms with Gasteiger partial charge in [-0.2, -0.15) is 0 Å². The van der Waals surface area contributed by atoms with Crippen molar-refractivity contribution in [3.05, 3.63) is 29.8 Å². The molecule has 1 atom stereocenters. The second-order valence-corrected chi connectivity index (χ2v) is 4.05. The van der Waals surface area contributed by atoms with Crippen molar-refractivity contribution in [2.45, 2.75) is 19.4 Å². The molecule has 0 saturated carbocycles. The van der Waals surface area contributed by atoms with Gasteiger partial charge in [0.05, 0.1) is 19.6 Å². The molecule has 0 aliphatic heterocycles. The molecular weight excluding hydrogens is 250 g/mol. The van der Waals surface area contributed by atoms with Gasteiger partial charge in [-0.25, -0.2) is 4.79 Å². The van der Waals surface area contributed by atoms with Gasteiger partial charge in [-0.05, 0) is 19.1 Å². The van der Waals surface area contributed by atoms with E-state index in [1.165, 1.54) is 0 Å². The Morgan fingerprint density at radius 2 is 1.95 bits per heavy atom. The Balaban J connectivity index is 2.30. The molecule has 0 radical (unpaired) electrons. The Morgan fingerprint density at radius 1 is 1.32 bits per heavy atom. The largest absolute Gasteiger partial charge is 0.493 e. The minimum absolute atomic E-state index is 0.0255. The lowest BCUT2D eigenvalue weighted by Crippen LogP contribution is -2.43. The topological polar surface area (TPSA) is 95.9 Å². The highest BCUT2D eigenvalue weighted by Crippen LogP contribution is 2.11. The van der Waals surface area contributed by atoms with Gasteiger partial charge in [0.1, 0.15) is 11.8 Å². The molecule has 6 heteroatoms. The van der Waals surface area contributed by atoms with Crippen LogP contribution in [-0.4, -0.2) is 41.3 Å². The van der Waals surface area contributed by atoms with Crippen LogP contribution in [0.15, 0.2) is 24.3 Å². The molecule has 0 aromatic heterocycles. The number of aliphatic hydroxyl groups excluding tert-OH is 1. The van der Waals surface area contributed by atoms with E-state index in [0.717, 1.165) is 5.56 Å². The van der Waals surface area contributed by atoms with Crippen LogP contribution in [0.1, 0.15) is 12.0 Å². The van der Waals surface area contributed by atoms with Gasteiger partial charge in [0.15, 0.2) is 0 Å². The number of carbonyl (C=O) groups excluding carboxylic acids is 1. The molecule has 1 amide bonds. The van der Waals surface area contributed by atoms with E-state index in [4.69, 9.17) is 14.9 Å². The number of ether oxygens (including phenoxy) is 1. The highest BCUT2D eigenvalue weighted by molar-refractivity contribution is 5.83. The maximum Gasteiger partial charge on any atom is 0.328 e. The number of carboxylic acids is 1. The second kappa shape index (κ2) is 7.38. The summed E-state index contributed by atoms with van der Waals surface area (Å²) in [6, 6.07) is 6.09. The van der Waals surface area contributed by atoms with Gasteiger partial charge in [-0.15, -0.1) is 0 Å². The Kier molecular flexibility index (Phi) is 5.81. The van der Waals surface area contributed by atoms with Crippen LogP contribution >= 0.6 is 0 Å². The molecule has 0 saturated heterocycles. The van der Waals surface area contributed by atoms with Crippen LogP contribution in [-0.2, 0) is 9.59 Å². The summed E-state index contributed by atoms with van der Waals surface area (Å²) in [4.78, 5) is 22.0. The van der Waals surface area contributed by atoms with Gasteiger partial charge < -0.3 is 20.3 Å². The number of nitrogens with one attached hydrogen (secondary N) is 1. The zero-order valence-corrected chi connectivity index (χ0v) is 10.6. The molecule has 1 rings (SSSR count). The summed E-state index contributed by atoms with van der Waals surface area (Å²) in [6.07, 6.45) is 0.0255. The Hall–Kier alpha value is -2.08. The van der Waals surface area contributed by atoms with E-state index < -0.39 is 24.5 Å². The van der Waals surface area contributed by atoms with Crippen molar-refractivity contribution in [3.63, 3.8) is 0 Å². The lowest BCUT2D eigenvalue weighted by Gasteiger charge is -2.12. The number of aryl methyl sites for hydroxylation is 1. The fourth-order valence-corrected chi connectivity index (χ4v) is 1.35. The summed E-state index contributed by atoms with van der Waals surface area (Å²) in [5.41, 5.74) is 1.11. The monoisotopic (exact) mass is 267 g/mol.